The average Bonchev–Trinajstić information content (AvgIpc) is 2.60. The van der Waals surface area contributed by atoms with Crippen LogP contribution < -0.4 is 16.4 Å². The zero-order valence-electron chi connectivity index (χ0n) is 13.8. The van der Waals surface area contributed by atoms with E-state index >= 15 is 0 Å². The predicted molar refractivity (Wildman–Crippen MR) is 89.0 cm³/mol. The van der Waals surface area contributed by atoms with Crippen LogP contribution in [0.2, 0.25) is 0 Å². The summed E-state index contributed by atoms with van der Waals surface area (Å²) < 4.78 is 0. The van der Waals surface area contributed by atoms with Crippen molar-refractivity contribution in [3.8, 4) is 0 Å². The summed E-state index contributed by atoms with van der Waals surface area (Å²) in [7, 11) is 0. The number of hydrogen-bond acceptors (Lipinski definition) is 6. The Kier molecular flexibility index (Phi) is 8.19. The number of aliphatic hydroxyl groups excluding tert-OH is 1. The van der Waals surface area contributed by atoms with Gasteiger partial charge in [-0.25, -0.2) is 4.79 Å². The van der Waals surface area contributed by atoms with Gasteiger partial charge in [-0.3, -0.25) is 14.4 Å². The molecule has 0 bridgehead atoms. The summed E-state index contributed by atoms with van der Waals surface area (Å²) in [6.45, 7) is -0.637. The van der Waals surface area contributed by atoms with Crippen molar-refractivity contribution in [2.45, 2.75) is 31.0 Å². The van der Waals surface area contributed by atoms with Gasteiger partial charge in [0.25, 0.3) is 0 Å². The summed E-state index contributed by atoms with van der Waals surface area (Å²) in [5.41, 5.74) is 6.08. The number of nitrogens with one attached hydrogen (secondary N) is 2. The van der Waals surface area contributed by atoms with Gasteiger partial charge < -0.3 is 31.7 Å². The minimum absolute atomic E-state index is 0.0238. The minimum Gasteiger partial charge on any atom is -0.481 e. The molecule has 0 aliphatic carbocycles. The van der Waals surface area contributed by atoms with Crippen molar-refractivity contribution in [1.82, 2.24) is 10.6 Å². The highest BCUT2D eigenvalue weighted by Crippen LogP contribution is 2.05. The number of nitrogens with two attached hydrogens (primary N) is 1. The molecule has 0 spiro atoms. The summed E-state index contributed by atoms with van der Waals surface area (Å²) in [5.74, 6) is -4.59. The number of hydrogen-bond donors (Lipinski definition) is 6. The standard InChI is InChI=1S/C16H21N3O7/c17-10(8-20)14(23)18-11(6-9-4-2-1-3-5-9)15(24)19-12(16(25)26)7-13(21)22/h1-5,10-12,20H,6-8,17H2,(H,18,23)(H,19,24)(H,21,22)(H,25,26). The fourth-order valence-electron chi connectivity index (χ4n) is 2.07. The largest absolute Gasteiger partial charge is 0.481 e. The first-order chi connectivity index (χ1) is 12.2. The number of carboxylic acid groups (broad SMARTS) is 2. The predicted octanol–water partition coefficient (Wildman–Crippen LogP) is -1.92. The van der Waals surface area contributed by atoms with Gasteiger partial charge in [0.1, 0.15) is 18.1 Å². The maximum Gasteiger partial charge on any atom is 0.326 e. The van der Waals surface area contributed by atoms with Crippen LogP contribution in [0.5, 0.6) is 0 Å². The average molecular weight is 367 g/mol. The molecule has 2 amide bonds. The molecule has 0 heterocycles. The van der Waals surface area contributed by atoms with E-state index in [4.69, 9.17) is 21.1 Å². The molecule has 1 aromatic rings. The molecular formula is C16H21N3O7. The van der Waals surface area contributed by atoms with Crippen molar-refractivity contribution in [3.63, 3.8) is 0 Å². The van der Waals surface area contributed by atoms with Gasteiger partial charge in [-0.05, 0) is 5.56 Å². The molecule has 26 heavy (non-hydrogen) atoms. The van der Waals surface area contributed by atoms with Gasteiger partial charge in [0.15, 0.2) is 0 Å². The first-order valence-electron chi connectivity index (χ1n) is 7.70. The van der Waals surface area contributed by atoms with Crippen LogP contribution >= 0.6 is 0 Å². The van der Waals surface area contributed by atoms with Crippen molar-refractivity contribution in [2.24, 2.45) is 5.73 Å². The lowest BCUT2D eigenvalue weighted by molar-refractivity contribution is -0.147. The van der Waals surface area contributed by atoms with Crippen LogP contribution in [-0.2, 0) is 25.6 Å². The minimum atomic E-state index is -1.65. The van der Waals surface area contributed by atoms with Crippen LogP contribution in [0.3, 0.4) is 0 Å². The molecule has 1 aromatic carbocycles. The number of benzene rings is 1. The van der Waals surface area contributed by atoms with E-state index in [2.05, 4.69) is 10.6 Å². The van der Waals surface area contributed by atoms with E-state index in [-0.39, 0.29) is 6.42 Å². The second-order valence-corrected chi connectivity index (χ2v) is 5.54. The molecule has 0 aliphatic rings. The van der Waals surface area contributed by atoms with Crippen molar-refractivity contribution >= 4 is 23.8 Å². The molecule has 3 unspecified atom stereocenters. The number of carboxylic acids is 2. The second kappa shape index (κ2) is 10.1. The molecule has 7 N–H and O–H groups in total. The molecule has 10 nitrogen and oxygen atoms in total. The molecule has 142 valence electrons. The van der Waals surface area contributed by atoms with Crippen LogP contribution in [0.15, 0.2) is 30.3 Å². The molecule has 0 radical (unpaired) electrons. The summed E-state index contributed by atoms with van der Waals surface area (Å²) in [6, 6.07) is 4.49. The van der Waals surface area contributed by atoms with E-state index < -0.39 is 54.9 Å². The van der Waals surface area contributed by atoms with Gasteiger partial charge in [-0.2, -0.15) is 0 Å². The summed E-state index contributed by atoms with van der Waals surface area (Å²) in [5, 5.41) is 31.1. The Morgan fingerprint density at radius 3 is 2.04 bits per heavy atom. The zero-order chi connectivity index (χ0) is 19.7. The molecule has 3 atom stereocenters. The third-order valence-corrected chi connectivity index (χ3v) is 3.44. The molecule has 0 aliphatic heterocycles. The topological polar surface area (TPSA) is 179 Å². The smallest absolute Gasteiger partial charge is 0.326 e. The zero-order valence-corrected chi connectivity index (χ0v) is 13.8. The van der Waals surface area contributed by atoms with E-state index in [1.54, 1.807) is 30.3 Å². The Bertz CT molecular complexity index is 651. The number of rotatable bonds is 10. The number of carbonyl (C=O) groups excluding carboxylic acids is 2. The lowest BCUT2D eigenvalue weighted by Crippen LogP contribution is -2.56. The van der Waals surface area contributed by atoms with Crippen molar-refractivity contribution in [3.05, 3.63) is 35.9 Å². The molecule has 1 rings (SSSR count). The Hall–Kier alpha value is -2.98. The number of carbonyl (C=O) groups is 4. The van der Waals surface area contributed by atoms with E-state index in [9.17, 15) is 19.2 Å². The van der Waals surface area contributed by atoms with Crippen molar-refractivity contribution < 1.29 is 34.5 Å². The van der Waals surface area contributed by atoms with E-state index in [0.29, 0.717) is 5.56 Å². The maximum absolute atomic E-state index is 12.4. The third kappa shape index (κ3) is 6.87. The van der Waals surface area contributed by atoms with Gasteiger partial charge in [-0.1, -0.05) is 30.3 Å². The molecule has 0 fully saturated rings. The lowest BCUT2D eigenvalue weighted by atomic mass is 10.0. The first kappa shape index (κ1) is 21.1. The SMILES string of the molecule is NC(CO)C(=O)NC(Cc1ccccc1)C(=O)NC(CC(=O)O)C(=O)O. The van der Waals surface area contributed by atoms with Gasteiger partial charge in [0, 0.05) is 6.42 Å². The highest BCUT2D eigenvalue weighted by atomic mass is 16.4. The number of amides is 2. The monoisotopic (exact) mass is 367 g/mol. The van der Waals surface area contributed by atoms with Crippen molar-refractivity contribution in [2.75, 3.05) is 6.61 Å². The van der Waals surface area contributed by atoms with Gasteiger partial charge in [0.2, 0.25) is 11.8 Å². The highest BCUT2D eigenvalue weighted by Gasteiger charge is 2.29. The van der Waals surface area contributed by atoms with Crippen LogP contribution in [0.25, 0.3) is 0 Å². The van der Waals surface area contributed by atoms with E-state index in [1.807, 2.05) is 0 Å². The lowest BCUT2D eigenvalue weighted by Gasteiger charge is -2.22. The molecule has 0 saturated heterocycles. The van der Waals surface area contributed by atoms with Crippen LogP contribution in [0, 0.1) is 0 Å². The maximum atomic E-state index is 12.4. The van der Waals surface area contributed by atoms with Gasteiger partial charge in [-0.15, -0.1) is 0 Å². The van der Waals surface area contributed by atoms with E-state index in [1.165, 1.54) is 0 Å². The number of aliphatic carboxylic acids is 2. The quantitative estimate of drug-likeness (QED) is 0.277. The Labute approximate surface area is 149 Å². The van der Waals surface area contributed by atoms with Gasteiger partial charge >= 0.3 is 11.9 Å². The van der Waals surface area contributed by atoms with Gasteiger partial charge in [0.05, 0.1) is 13.0 Å². The fraction of sp³-hybridized carbons (Fsp3) is 0.375. The van der Waals surface area contributed by atoms with Crippen LogP contribution in [0.1, 0.15) is 12.0 Å². The van der Waals surface area contributed by atoms with Crippen molar-refractivity contribution in [1.29, 1.82) is 0 Å². The third-order valence-electron chi connectivity index (χ3n) is 3.44. The molecular weight excluding hydrogens is 346 g/mol. The Morgan fingerprint density at radius 1 is 0.962 bits per heavy atom. The Morgan fingerprint density at radius 2 is 1.54 bits per heavy atom. The summed E-state index contributed by atoms with van der Waals surface area (Å²) in [4.78, 5) is 46.1. The van der Waals surface area contributed by atoms with E-state index in [0.717, 1.165) is 0 Å². The van der Waals surface area contributed by atoms with Crippen LogP contribution in [-0.4, -0.2) is 63.8 Å². The fourth-order valence-corrected chi connectivity index (χ4v) is 2.07. The molecule has 0 saturated carbocycles. The summed E-state index contributed by atoms with van der Waals surface area (Å²) in [6.07, 6.45) is -0.792. The summed E-state index contributed by atoms with van der Waals surface area (Å²) >= 11 is 0. The van der Waals surface area contributed by atoms with Crippen LogP contribution in [0.4, 0.5) is 0 Å². The Balaban J connectivity index is 2.94. The second-order valence-electron chi connectivity index (χ2n) is 5.54. The highest BCUT2D eigenvalue weighted by molar-refractivity contribution is 5.92. The number of aliphatic hydroxyl groups is 1. The molecule has 0 aromatic heterocycles. The first-order valence-corrected chi connectivity index (χ1v) is 7.70. The normalized spacial score (nSPS) is 13.9. The molecule has 10 heteroatoms.